The molecule has 2 aromatic rings. The minimum absolute atomic E-state index is 0.0286. The number of hydrogen-bond acceptors (Lipinski definition) is 7. The highest BCUT2D eigenvalue weighted by molar-refractivity contribution is 14.1. The number of carbonyl (C=O) groups is 3. The Bertz CT molecular complexity index is 1500. The van der Waals surface area contributed by atoms with E-state index >= 15 is 0 Å². The highest BCUT2D eigenvalue weighted by atomic mass is 127. The molecule has 2 amide bonds. The summed E-state index contributed by atoms with van der Waals surface area (Å²) in [6.45, 7) is 0.520. The molecular formula is C29H33ClF2IN5O6. The van der Waals surface area contributed by atoms with E-state index in [9.17, 15) is 33.4 Å². The average molecular weight is 748 g/mol. The summed E-state index contributed by atoms with van der Waals surface area (Å²) in [4.78, 5) is 43.3. The Labute approximate surface area is 271 Å². The fraction of sp³-hybridized carbons (Fsp3) is 0.621. The smallest absolute Gasteiger partial charge is 0.320 e. The Hall–Kier alpha value is -2.59. The summed E-state index contributed by atoms with van der Waals surface area (Å²) in [5, 5.41) is 29.1. The van der Waals surface area contributed by atoms with Gasteiger partial charge < -0.3 is 24.7 Å². The molecule has 6 rings (SSSR count). The van der Waals surface area contributed by atoms with Gasteiger partial charge in [-0.05, 0) is 61.6 Å². The van der Waals surface area contributed by atoms with Crippen molar-refractivity contribution in [1.82, 2.24) is 24.8 Å². The molecule has 1 unspecified atom stereocenters. The molecule has 15 heteroatoms. The molecule has 4 atom stereocenters. The quantitative estimate of drug-likeness (QED) is 0.307. The summed E-state index contributed by atoms with van der Waals surface area (Å²) < 4.78 is 33.0. The molecule has 3 heterocycles. The number of carbonyl (C=O) groups excluding carboxylic acids is 2. The summed E-state index contributed by atoms with van der Waals surface area (Å²) in [7, 11) is 1.37. The lowest BCUT2D eigenvalue weighted by Crippen LogP contribution is -2.58. The van der Waals surface area contributed by atoms with Crippen molar-refractivity contribution in [2.24, 2.45) is 18.4 Å². The molecular weight excluding hydrogens is 715 g/mol. The zero-order chi connectivity index (χ0) is 31.6. The number of likely N-dealkylation sites (tertiary alicyclic amines) is 1. The Morgan fingerprint density at radius 1 is 1.27 bits per heavy atom. The molecule has 238 valence electrons. The van der Waals surface area contributed by atoms with E-state index in [2.05, 4.69) is 10.3 Å². The van der Waals surface area contributed by atoms with Crippen LogP contribution in [0, 0.1) is 11.3 Å². The van der Waals surface area contributed by atoms with Crippen molar-refractivity contribution < 1.29 is 38.1 Å². The van der Waals surface area contributed by atoms with Crippen molar-refractivity contribution in [3.05, 3.63) is 39.7 Å². The van der Waals surface area contributed by atoms with E-state index in [1.807, 2.05) is 0 Å². The molecule has 2 saturated carbocycles. The highest BCUT2D eigenvalue weighted by Crippen LogP contribution is 2.54. The largest absolute Gasteiger partial charge is 0.487 e. The number of rotatable bonds is 8. The lowest BCUT2D eigenvalue weighted by Gasteiger charge is -2.46. The number of aliphatic hydroxyl groups is 1. The second-order valence-corrected chi connectivity index (χ2v) is 14.8. The van der Waals surface area contributed by atoms with Crippen LogP contribution >= 0.6 is 34.2 Å². The number of carboxylic acids is 1. The van der Waals surface area contributed by atoms with Gasteiger partial charge in [-0.3, -0.25) is 14.4 Å². The van der Waals surface area contributed by atoms with Crippen molar-refractivity contribution in [2.75, 3.05) is 19.6 Å². The van der Waals surface area contributed by atoms with Crippen LogP contribution in [-0.2, 0) is 34.5 Å². The number of aliphatic hydroxyl groups excluding tert-OH is 1. The van der Waals surface area contributed by atoms with Gasteiger partial charge in [0.15, 0.2) is 0 Å². The maximum atomic E-state index is 14.4. The number of aromatic nitrogens is 3. The summed E-state index contributed by atoms with van der Waals surface area (Å²) in [6, 6.07) is 2.46. The zero-order valence-corrected chi connectivity index (χ0v) is 26.9. The van der Waals surface area contributed by atoms with Crippen molar-refractivity contribution in [3.63, 3.8) is 0 Å². The van der Waals surface area contributed by atoms with Gasteiger partial charge in [0.1, 0.15) is 27.2 Å². The SMILES string of the molecule is Cn1nnc(COc2ccc(Cl)c3c2C(CN2CC4(CC4)CC2=O)N(C(=O)[C@@H]2[C@@H](O)CCC[C@]2(I)C(=O)O)CC3)c1C(F)F. The van der Waals surface area contributed by atoms with E-state index in [4.69, 9.17) is 16.3 Å². The Morgan fingerprint density at radius 2 is 2.02 bits per heavy atom. The Kier molecular flexibility index (Phi) is 8.31. The van der Waals surface area contributed by atoms with Gasteiger partial charge in [-0.25, -0.2) is 13.5 Å². The molecule has 44 heavy (non-hydrogen) atoms. The molecule has 0 radical (unpaired) electrons. The van der Waals surface area contributed by atoms with Gasteiger partial charge in [-0.2, -0.15) is 0 Å². The highest BCUT2D eigenvalue weighted by Gasteiger charge is 2.56. The van der Waals surface area contributed by atoms with E-state index in [1.165, 1.54) is 7.05 Å². The topological polar surface area (TPSA) is 138 Å². The second-order valence-electron chi connectivity index (χ2n) is 12.4. The minimum Gasteiger partial charge on any atom is -0.487 e. The number of amides is 2. The lowest BCUT2D eigenvalue weighted by molar-refractivity contribution is -0.155. The van der Waals surface area contributed by atoms with Crippen LogP contribution in [-0.4, -0.2) is 82.0 Å². The number of ether oxygens (including phenoxy) is 1. The minimum atomic E-state index is -2.82. The van der Waals surface area contributed by atoms with Gasteiger partial charge in [0.25, 0.3) is 6.43 Å². The third kappa shape index (κ3) is 5.44. The molecule has 4 aliphatic rings. The monoisotopic (exact) mass is 747 g/mol. The van der Waals surface area contributed by atoms with Crippen LogP contribution < -0.4 is 4.74 Å². The fourth-order valence-electron chi connectivity index (χ4n) is 7.13. The van der Waals surface area contributed by atoms with E-state index < -0.39 is 39.8 Å². The maximum Gasteiger partial charge on any atom is 0.320 e. The lowest BCUT2D eigenvalue weighted by atomic mass is 9.75. The van der Waals surface area contributed by atoms with Crippen molar-refractivity contribution in [2.45, 2.75) is 73.5 Å². The predicted octanol–water partition coefficient (Wildman–Crippen LogP) is 3.84. The third-order valence-corrected chi connectivity index (χ3v) is 11.7. The van der Waals surface area contributed by atoms with E-state index in [0.29, 0.717) is 48.4 Å². The van der Waals surface area contributed by atoms with Crippen LogP contribution in [0.15, 0.2) is 12.1 Å². The van der Waals surface area contributed by atoms with Gasteiger partial charge in [0.05, 0.1) is 18.1 Å². The number of halogens is 4. The number of carboxylic acid groups (broad SMARTS) is 1. The molecule has 1 aromatic heterocycles. The second kappa shape index (κ2) is 11.6. The molecule has 2 aliphatic heterocycles. The summed E-state index contributed by atoms with van der Waals surface area (Å²) >= 11 is 8.46. The van der Waals surface area contributed by atoms with Gasteiger partial charge >= 0.3 is 5.97 Å². The van der Waals surface area contributed by atoms with Crippen LogP contribution in [0.1, 0.15) is 73.5 Å². The molecule has 1 saturated heterocycles. The number of alkyl halides is 3. The maximum absolute atomic E-state index is 14.4. The predicted molar refractivity (Wildman–Crippen MR) is 161 cm³/mol. The number of aliphatic carboxylic acids is 1. The molecule has 1 aromatic carbocycles. The normalized spacial score (nSPS) is 27.6. The van der Waals surface area contributed by atoms with Gasteiger partial charge in [-0.15, -0.1) is 5.10 Å². The summed E-state index contributed by atoms with van der Waals surface area (Å²) in [5.74, 6) is -2.63. The van der Waals surface area contributed by atoms with E-state index in [0.717, 1.165) is 17.5 Å². The molecule has 1 spiro atoms. The van der Waals surface area contributed by atoms with Crippen LogP contribution in [0.25, 0.3) is 0 Å². The van der Waals surface area contributed by atoms with E-state index in [-0.39, 0.29) is 54.6 Å². The standard InChI is InChI=1S/C29H33ClF2IN5O6/c1-36-24(25(31)32)17(34-35-36)13-44-20-5-4-16(30)15-6-10-38(26(41)23-19(39)3-2-7-29(23,33)27(42)43)18(22(15)20)12-37-14-28(8-9-28)11-21(37)40/h4-5,18-19,23,25,39H,2-3,6-14H2,1H3,(H,42,43)/t18?,19-,23-,29+/m0/s1. The number of aryl methyl sites for hydroxylation is 1. The Morgan fingerprint density at radius 3 is 2.68 bits per heavy atom. The van der Waals surface area contributed by atoms with Crippen molar-refractivity contribution in [1.29, 1.82) is 0 Å². The van der Waals surface area contributed by atoms with Gasteiger partial charge in [-0.1, -0.05) is 39.4 Å². The fourth-order valence-corrected chi connectivity index (χ4v) is 8.45. The van der Waals surface area contributed by atoms with E-state index in [1.54, 1.807) is 44.5 Å². The first-order valence-electron chi connectivity index (χ1n) is 14.6. The molecule has 0 bridgehead atoms. The number of nitrogens with zero attached hydrogens (tertiary/aromatic N) is 5. The number of hydrogen-bond donors (Lipinski definition) is 2. The zero-order valence-electron chi connectivity index (χ0n) is 24.0. The number of benzene rings is 1. The van der Waals surface area contributed by atoms with Crippen LogP contribution in [0.4, 0.5) is 8.78 Å². The van der Waals surface area contributed by atoms with Crippen molar-refractivity contribution in [3.8, 4) is 5.75 Å². The first-order valence-corrected chi connectivity index (χ1v) is 16.1. The number of fused-ring (bicyclic) bond motifs is 1. The summed E-state index contributed by atoms with van der Waals surface area (Å²) in [5.41, 5.74) is 0.760. The first-order chi connectivity index (χ1) is 20.8. The van der Waals surface area contributed by atoms with Crippen molar-refractivity contribution >= 4 is 52.0 Å². The molecule has 2 N–H and O–H groups in total. The van der Waals surface area contributed by atoms with Crippen LogP contribution in [0.3, 0.4) is 0 Å². The first kappa shape index (κ1) is 31.4. The van der Waals surface area contributed by atoms with Crippen LogP contribution in [0.5, 0.6) is 5.75 Å². The third-order valence-electron chi connectivity index (χ3n) is 9.67. The average Bonchev–Trinajstić information content (AvgIpc) is 3.49. The molecule has 2 aliphatic carbocycles. The van der Waals surface area contributed by atoms with Crippen LogP contribution in [0.2, 0.25) is 5.02 Å². The van der Waals surface area contributed by atoms with Gasteiger partial charge in [0, 0.05) is 43.7 Å². The van der Waals surface area contributed by atoms with Gasteiger partial charge in [0.2, 0.25) is 11.8 Å². The summed E-state index contributed by atoms with van der Waals surface area (Å²) in [6.07, 6.45) is -0.355. The molecule has 11 nitrogen and oxygen atoms in total. The Balaban J connectivity index is 1.40. The molecule has 3 fully saturated rings.